The molecule has 0 spiro atoms. The van der Waals surface area contributed by atoms with Gasteiger partial charge in [-0.15, -0.1) is 0 Å². The Morgan fingerprint density at radius 1 is 0.750 bits per heavy atom. The maximum Gasteiger partial charge on any atom is 0.353 e. The summed E-state index contributed by atoms with van der Waals surface area (Å²) in [6.07, 6.45) is 0. The van der Waals surface area contributed by atoms with Crippen LogP contribution < -0.4 is 15.6 Å². The highest BCUT2D eigenvalue weighted by Crippen LogP contribution is 2.07. The van der Waals surface area contributed by atoms with Crippen LogP contribution in [0.2, 0.25) is 0 Å². The second kappa shape index (κ2) is 6.24. The number of rotatable bonds is 2. The monoisotopic (exact) mass is 268 g/mol. The molecule has 3 N–H and O–H groups in total. The van der Waals surface area contributed by atoms with Crippen molar-refractivity contribution in [3.8, 4) is 0 Å². The summed E-state index contributed by atoms with van der Waals surface area (Å²) >= 11 is 0. The zero-order valence-corrected chi connectivity index (χ0v) is 12.3. The van der Waals surface area contributed by atoms with Crippen molar-refractivity contribution in [1.82, 2.24) is 0 Å². The van der Waals surface area contributed by atoms with E-state index >= 15 is 0 Å². The third kappa shape index (κ3) is 4.76. The van der Waals surface area contributed by atoms with E-state index in [1.54, 1.807) is 0 Å². The van der Waals surface area contributed by atoms with Crippen LogP contribution >= 0.6 is 0 Å². The maximum absolute atomic E-state index is 3.45. The lowest BCUT2D eigenvalue weighted by molar-refractivity contribution is -0.538. The fourth-order valence-electron chi connectivity index (χ4n) is 1.80. The minimum atomic E-state index is -0.0289. The first kappa shape index (κ1) is 14.1. The molecule has 0 saturated heterocycles. The number of nitrogens with one attached hydrogen (secondary N) is 3. The van der Waals surface area contributed by atoms with Crippen molar-refractivity contribution in [3.63, 3.8) is 0 Å². The van der Waals surface area contributed by atoms with Crippen LogP contribution in [0.5, 0.6) is 0 Å². The van der Waals surface area contributed by atoms with Crippen LogP contribution in [0.25, 0.3) is 0 Å². The fraction of sp³-hybridized carbons (Fsp3) is 0.235. The summed E-state index contributed by atoms with van der Waals surface area (Å²) in [5.74, 6) is 0.870. The van der Waals surface area contributed by atoms with Gasteiger partial charge in [-0.3, -0.25) is 4.99 Å². The van der Waals surface area contributed by atoms with Crippen LogP contribution in [0, 0.1) is 0 Å². The molecule has 0 aromatic heterocycles. The molecule has 0 aliphatic carbocycles. The van der Waals surface area contributed by atoms with E-state index < -0.39 is 0 Å². The molecule has 3 heteroatoms. The van der Waals surface area contributed by atoms with Gasteiger partial charge >= 0.3 is 5.96 Å². The summed E-state index contributed by atoms with van der Waals surface area (Å²) < 4.78 is 0. The molecule has 0 atom stereocenters. The summed E-state index contributed by atoms with van der Waals surface area (Å²) in [5, 5.41) is 6.76. The summed E-state index contributed by atoms with van der Waals surface area (Å²) in [4.78, 5) is 3.45. The first-order valence-corrected chi connectivity index (χ1v) is 6.82. The molecule has 0 unspecified atom stereocenters. The zero-order valence-electron chi connectivity index (χ0n) is 12.3. The van der Waals surface area contributed by atoms with Crippen LogP contribution in [0.4, 0.5) is 11.4 Å². The van der Waals surface area contributed by atoms with Crippen molar-refractivity contribution in [3.05, 3.63) is 60.7 Å². The quantitative estimate of drug-likeness (QED) is 0.578. The Morgan fingerprint density at radius 3 is 1.50 bits per heavy atom. The maximum atomic E-state index is 3.45. The molecule has 104 valence electrons. The summed E-state index contributed by atoms with van der Waals surface area (Å²) in [6, 6.07) is 20.2. The van der Waals surface area contributed by atoms with Crippen molar-refractivity contribution >= 4 is 17.3 Å². The van der Waals surface area contributed by atoms with Gasteiger partial charge in [0.05, 0.1) is 16.9 Å². The van der Waals surface area contributed by atoms with Crippen LogP contribution in [0.15, 0.2) is 60.7 Å². The highest BCUT2D eigenvalue weighted by atomic mass is 15.2. The first-order valence-electron chi connectivity index (χ1n) is 6.82. The lowest BCUT2D eigenvalue weighted by Gasteiger charge is -2.14. The van der Waals surface area contributed by atoms with Crippen molar-refractivity contribution in [2.24, 2.45) is 0 Å². The molecule has 2 aromatic rings. The molecule has 0 aliphatic heterocycles. The van der Waals surface area contributed by atoms with Crippen LogP contribution in [-0.2, 0) is 0 Å². The van der Waals surface area contributed by atoms with Crippen molar-refractivity contribution < 1.29 is 4.99 Å². The molecule has 0 fully saturated rings. The molecule has 3 nitrogen and oxygen atoms in total. The topological polar surface area (TPSA) is 38.0 Å². The third-order valence-electron chi connectivity index (χ3n) is 2.59. The molecule has 0 bridgehead atoms. The highest BCUT2D eigenvalue weighted by molar-refractivity contribution is 5.99. The Hall–Kier alpha value is -2.29. The molecule has 0 radical (unpaired) electrons. The van der Waals surface area contributed by atoms with Gasteiger partial charge in [0.15, 0.2) is 0 Å². The fourth-order valence-corrected chi connectivity index (χ4v) is 1.80. The van der Waals surface area contributed by atoms with E-state index in [4.69, 9.17) is 0 Å². The van der Waals surface area contributed by atoms with Crippen LogP contribution in [0.3, 0.4) is 0 Å². The van der Waals surface area contributed by atoms with Crippen LogP contribution in [-0.4, -0.2) is 11.5 Å². The molecule has 20 heavy (non-hydrogen) atoms. The standard InChI is InChI=1S/C17H21N3/c1-17(2,3)20-16(18-14-10-6-4-7-11-14)19-15-12-8-5-9-13-15/h4-13H,1-3H3,(H2,18,19,20)/p+1. The molecule has 2 aromatic carbocycles. The normalized spacial score (nSPS) is 10.8. The number of hydrogen-bond acceptors (Lipinski definition) is 0. The Labute approximate surface area is 120 Å². The summed E-state index contributed by atoms with van der Waals surface area (Å²) in [7, 11) is 0. The first-order chi connectivity index (χ1) is 9.53. The van der Waals surface area contributed by atoms with Gasteiger partial charge < -0.3 is 0 Å². The molecular formula is C17H22N3+. The number of benzene rings is 2. The van der Waals surface area contributed by atoms with Gasteiger partial charge in [0.1, 0.15) is 0 Å². The lowest BCUT2D eigenvalue weighted by atomic mass is 10.1. The van der Waals surface area contributed by atoms with Crippen molar-refractivity contribution in [2.45, 2.75) is 26.3 Å². The lowest BCUT2D eigenvalue weighted by Crippen LogP contribution is -2.86. The second-order valence-electron chi connectivity index (χ2n) is 5.73. The smallest absolute Gasteiger partial charge is 0.273 e. The highest BCUT2D eigenvalue weighted by Gasteiger charge is 2.15. The Balaban J connectivity index is 2.20. The largest absolute Gasteiger partial charge is 0.353 e. The summed E-state index contributed by atoms with van der Waals surface area (Å²) in [5.41, 5.74) is 2.06. The molecule has 0 saturated carbocycles. The predicted molar refractivity (Wildman–Crippen MR) is 85.9 cm³/mol. The number of hydrogen-bond donors (Lipinski definition) is 3. The minimum absolute atomic E-state index is 0.0289. The van der Waals surface area contributed by atoms with E-state index in [2.05, 4.69) is 36.4 Å². The SMILES string of the molecule is CC(C)(C)[NH+]=C(Nc1ccccc1)Nc1ccccc1. The van der Waals surface area contributed by atoms with Crippen molar-refractivity contribution in [2.75, 3.05) is 10.6 Å². The van der Waals surface area contributed by atoms with Gasteiger partial charge in [-0.05, 0) is 45.0 Å². The molecule has 0 heterocycles. The molecule has 0 amide bonds. The minimum Gasteiger partial charge on any atom is -0.273 e. The van der Waals surface area contributed by atoms with E-state index in [0.29, 0.717) is 0 Å². The van der Waals surface area contributed by atoms with Gasteiger partial charge in [0, 0.05) is 0 Å². The average molecular weight is 268 g/mol. The van der Waals surface area contributed by atoms with E-state index in [9.17, 15) is 0 Å². The molecule has 2 rings (SSSR count). The van der Waals surface area contributed by atoms with E-state index in [1.807, 2.05) is 60.7 Å². The zero-order chi connectivity index (χ0) is 14.4. The Bertz CT molecular complexity index is 510. The molecule has 0 aliphatic rings. The second-order valence-corrected chi connectivity index (χ2v) is 5.73. The van der Waals surface area contributed by atoms with E-state index in [1.165, 1.54) is 0 Å². The van der Waals surface area contributed by atoms with Gasteiger partial charge in [-0.25, -0.2) is 10.6 Å². The Kier molecular flexibility index (Phi) is 4.41. The number of para-hydroxylation sites is 2. The van der Waals surface area contributed by atoms with Gasteiger partial charge in [0.2, 0.25) is 0 Å². The predicted octanol–water partition coefficient (Wildman–Crippen LogP) is 2.45. The number of guanidine groups is 1. The molecular weight excluding hydrogens is 246 g/mol. The van der Waals surface area contributed by atoms with E-state index in [0.717, 1.165) is 17.3 Å². The third-order valence-corrected chi connectivity index (χ3v) is 2.59. The van der Waals surface area contributed by atoms with E-state index in [-0.39, 0.29) is 5.54 Å². The van der Waals surface area contributed by atoms with Gasteiger partial charge in [-0.2, -0.15) is 0 Å². The Morgan fingerprint density at radius 2 is 1.15 bits per heavy atom. The van der Waals surface area contributed by atoms with Crippen molar-refractivity contribution in [1.29, 1.82) is 0 Å². The van der Waals surface area contributed by atoms with Gasteiger partial charge in [0.25, 0.3) is 0 Å². The van der Waals surface area contributed by atoms with Crippen LogP contribution in [0.1, 0.15) is 20.8 Å². The number of anilines is 2. The van der Waals surface area contributed by atoms with Gasteiger partial charge in [-0.1, -0.05) is 36.4 Å². The summed E-state index contributed by atoms with van der Waals surface area (Å²) in [6.45, 7) is 6.39. The average Bonchev–Trinajstić information content (AvgIpc) is 2.39.